The van der Waals surface area contributed by atoms with Gasteiger partial charge in [-0.15, -0.1) is 22.7 Å². The molecule has 1 amide bonds. The lowest BCUT2D eigenvalue weighted by molar-refractivity contribution is 0.0989. The molecule has 2 N–H and O–H groups in total. The Hall–Kier alpha value is -1.85. The SMILES string of the molecule is Nc1cccc2c1CCCN2C(=O)c1cc2sccc2s1. The van der Waals surface area contributed by atoms with Crippen molar-refractivity contribution in [1.29, 1.82) is 0 Å². The predicted molar refractivity (Wildman–Crippen MR) is 90.6 cm³/mol. The third-order valence-electron chi connectivity index (χ3n) is 3.88. The summed E-state index contributed by atoms with van der Waals surface area (Å²) in [6.45, 7) is 0.765. The van der Waals surface area contributed by atoms with Gasteiger partial charge in [-0.1, -0.05) is 6.07 Å². The summed E-state index contributed by atoms with van der Waals surface area (Å²) in [5.74, 6) is 0.0925. The molecule has 3 heterocycles. The number of thiophene rings is 2. The summed E-state index contributed by atoms with van der Waals surface area (Å²) >= 11 is 3.25. The predicted octanol–water partition coefficient (Wildman–Crippen LogP) is 4.14. The number of hydrogen-bond donors (Lipinski definition) is 1. The van der Waals surface area contributed by atoms with Crippen molar-refractivity contribution < 1.29 is 4.79 Å². The lowest BCUT2D eigenvalue weighted by atomic mass is 10.00. The standard InChI is InChI=1S/C16H14N2OS2/c17-11-4-1-5-12-10(11)3-2-7-18(12)16(19)15-9-14-13(21-15)6-8-20-14/h1,4-6,8-9H,2-3,7,17H2. The van der Waals surface area contributed by atoms with Gasteiger partial charge in [-0.05, 0) is 48.1 Å². The molecule has 0 radical (unpaired) electrons. The topological polar surface area (TPSA) is 46.3 Å². The molecule has 1 aliphatic heterocycles. The fourth-order valence-corrected chi connectivity index (χ4v) is 4.92. The molecule has 2 aromatic heterocycles. The van der Waals surface area contributed by atoms with Crippen molar-refractivity contribution in [2.24, 2.45) is 0 Å². The van der Waals surface area contributed by atoms with Gasteiger partial charge in [0, 0.05) is 27.3 Å². The number of nitrogens with zero attached hydrogens (tertiary/aromatic N) is 1. The normalized spacial score (nSPS) is 14.4. The maximum absolute atomic E-state index is 12.8. The molecule has 0 saturated carbocycles. The summed E-state index contributed by atoms with van der Waals surface area (Å²) in [7, 11) is 0. The molecule has 4 rings (SSSR count). The summed E-state index contributed by atoms with van der Waals surface area (Å²) in [6.07, 6.45) is 1.91. The number of benzene rings is 1. The van der Waals surface area contributed by atoms with Gasteiger partial charge in [-0.3, -0.25) is 4.79 Å². The Bertz CT molecular complexity index is 805. The van der Waals surface area contributed by atoms with Crippen molar-refractivity contribution in [3.05, 3.63) is 46.2 Å². The Labute approximate surface area is 130 Å². The first-order valence-electron chi connectivity index (χ1n) is 6.90. The monoisotopic (exact) mass is 314 g/mol. The maximum Gasteiger partial charge on any atom is 0.268 e. The summed E-state index contributed by atoms with van der Waals surface area (Å²) < 4.78 is 2.38. The number of hydrogen-bond acceptors (Lipinski definition) is 4. The number of carbonyl (C=O) groups is 1. The molecule has 3 nitrogen and oxygen atoms in total. The van der Waals surface area contributed by atoms with Crippen molar-refractivity contribution >= 4 is 49.4 Å². The molecule has 0 aliphatic carbocycles. The van der Waals surface area contributed by atoms with Crippen LogP contribution in [-0.2, 0) is 6.42 Å². The molecular formula is C16H14N2OS2. The van der Waals surface area contributed by atoms with Gasteiger partial charge in [0.25, 0.3) is 5.91 Å². The number of amides is 1. The first kappa shape index (κ1) is 12.9. The molecule has 0 bridgehead atoms. The van der Waals surface area contributed by atoms with Gasteiger partial charge in [0.15, 0.2) is 0 Å². The van der Waals surface area contributed by atoms with E-state index in [4.69, 9.17) is 5.73 Å². The zero-order valence-corrected chi connectivity index (χ0v) is 13.0. The van der Waals surface area contributed by atoms with Crippen LogP contribution < -0.4 is 10.6 Å². The highest BCUT2D eigenvalue weighted by Crippen LogP contribution is 2.35. The van der Waals surface area contributed by atoms with Crippen LogP contribution in [0.2, 0.25) is 0 Å². The van der Waals surface area contributed by atoms with Crippen LogP contribution in [-0.4, -0.2) is 12.5 Å². The van der Waals surface area contributed by atoms with Crippen molar-refractivity contribution in [1.82, 2.24) is 0 Å². The number of anilines is 2. The third-order valence-corrected chi connectivity index (χ3v) is 5.96. The molecule has 1 aliphatic rings. The molecule has 3 aromatic rings. The van der Waals surface area contributed by atoms with E-state index in [1.165, 1.54) is 9.40 Å². The fraction of sp³-hybridized carbons (Fsp3) is 0.188. The largest absolute Gasteiger partial charge is 0.398 e. The quantitative estimate of drug-likeness (QED) is 0.686. The third kappa shape index (κ3) is 2.04. The Morgan fingerprint density at radius 2 is 2.14 bits per heavy atom. The van der Waals surface area contributed by atoms with Gasteiger partial charge in [-0.25, -0.2) is 0 Å². The molecule has 0 unspecified atom stereocenters. The number of rotatable bonds is 1. The average Bonchev–Trinajstić information content (AvgIpc) is 3.08. The summed E-state index contributed by atoms with van der Waals surface area (Å²) in [6, 6.07) is 9.91. The highest BCUT2D eigenvalue weighted by Gasteiger charge is 2.25. The molecule has 21 heavy (non-hydrogen) atoms. The second kappa shape index (κ2) is 4.86. The first-order valence-corrected chi connectivity index (χ1v) is 8.60. The van der Waals surface area contributed by atoms with Crippen LogP contribution in [0.1, 0.15) is 21.7 Å². The second-order valence-corrected chi connectivity index (χ2v) is 7.20. The molecule has 0 saturated heterocycles. The van der Waals surface area contributed by atoms with E-state index in [9.17, 15) is 4.79 Å². The molecule has 0 spiro atoms. The summed E-state index contributed by atoms with van der Waals surface area (Å²) in [5, 5.41) is 2.06. The van der Waals surface area contributed by atoms with Gasteiger partial charge in [0.2, 0.25) is 0 Å². The lowest BCUT2D eigenvalue weighted by Gasteiger charge is -2.29. The summed E-state index contributed by atoms with van der Waals surface area (Å²) in [5.41, 5.74) is 8.92. The fourth-order valence-electron chi connectivity index (χ4n) is 2.87. The Morgan fingerprint density at radius 1 is 1.24 bits per heavy atom. The van der Waals surface area contributed by atoms with Crippen molar-refractivity contribution in [2.75, 3.05) is 17.2 Å². The number of nitrogens with two attached hydrogens (primary N) is 1. The maximum atomic E-state index is 12.8. The molecule has 0 fully saturated rings. The van der Waals surface area contributed by atoms with E-state index >= 15 is 0 Å². The first-order chi connectivity index (χ1) is 10.2. The highest BCUT2D eigenvalue weighted by atomic mass is 32.1. The van der Waals surface area contributed by atoms with Crippen LogP contribution in [0.3, 0.4) is 0 Å². The zero-order chi connectivity index (χ0) is 14.4. The van der Waals surface area contributed by atoms with E-state index in [-0.39, 0.29) is 5.91 Å². The average molecular weight is 314 g/mol. The van der Waals surface area contributed by atoms with Crippen molar-refractivity contribution in [3.63, 3.8) is 0 Å². The van der Waals surface area contributed by atoms with Gasteiger partial charge >= 0.3 is 0 Å². The highest BCUT2D eigenvalue weighted by molar-refractivity contribution is 7.27. The number of nitrogen functional groups attached to an aromatic ring is 1. The van der Waals surface area contributed by atoms with E-state index in [1.807, 2.05) is 29.2 Å². The van der Waals surface area contributed by atoms with Crippen molar-refractivity contribution in [2.45, 2.75) is 12.8 Å². The van der Waals surface area contributed by atoms with Crippen LogP contribution in [0.4, 0.5) is 11.4 Å². The minimum atomic E-state index is 0.0925. The smallest absolute Gasteiger partial charge is 0.268 e. The van der Waals surface area contributed by atoms with Crippen LogP contribution in [0.5, 0.6) is 0 Å². The summed E-state index contributed by atoms with van der Waals surface area (Å²) in [4.78, 5) is 15.5. The lowest BCUT2D eigenvalue weighted by Crippen LogP contribution is -2.35. The molecule has 0 atom stereocenters. The van der Waals surface area contributed by atoms with Gasteiger partial charge in [-0.2, -0.15) is 0 Å². The molecular weight excluding hydrogens is 300 g/mol. The second-order valence-electron chi connectivity index (χ2n) is 5.17. The van der Waals surface area contributed by atoms with E-state index in [0.717, 1.165) is 41.2 Å². The van der Waals surface area contributed by atoms with E-state index < -0.39 is 0 Å². The minimum absolute atomic E-state index is 0.0925. The van der Waals surface area contributed by atoms with Crippen LogP contribution in [0.15, 0.2) is 35.7 Å². The van der Waals surface area contributed by atoms with E-state index in [1.54, 1.807) is 22.7 Å². The zero-order valence-electron chi connectivity index (χ0n) is 11.3. The minimum Gasteiger partial charge on any atom is -0.398 e. The van der Waals surface area contributed by atoms with Crippen LogP contribution in [0, 0.1) is 0 Å². The Morgan fingerprint density at radius 3 is 3.00 bits per heavy atom. The Balaban J connectivity index is 1.76. The van der Waals surface area contributed by atoms with Gasteiger partial charge in [0.1, 0.15) is 0 Å². The van der Waals surface area contributed by atoms with Crippen LogP contribution in [0.25, 0.3) is 9.40 Å². The van der Waals surface area contributed by atoms with Crippen molar-refractivity contribution in [3.8, 4) is 0 Å². The van der Waals surface area contributed by atoms with Crippen LogP contribution >= 0.6 is 22.7 Å². The molecule has 1 aromatic carbocycles. The number of fused-ring (bicyclic) bond motifs is 2. The molecule has 5 heteroatoms. The Kier molecular flexibility index (Phi) is 2.97. The van der Waals surface area contributed by atoms with Gasteiger partial charge in [0.05, 0.1) is 4.88 Å². The molecule has 106 valence electrons. The number of carbonyl (C=O) groups excluding carboxylic acids is 1. The van der Waals surface area contributed by atoms with Gasteiger partial charge < -0.3 is 10.6 Å². The van der Waals surface area contributed by atoms with E-state index in [0.29, 0.717) is 0 Å². The van der Waals surface area contributed by atoms with E-state index in [2.05, 4.69) is 11.4 Å².